The van der Waals surface area contributed by atoms with E-state index in [4.69, 9.17) is 0 Å². The molecule has 1 aliphatic heterocycles. The first-order valence-corrected chi connectivity index (χ1v) is 7.53. The molecule has 0 unspecified atom stereocenters. The third-order valence-electron chi connectivity index (χ3n) is 3.55. The van der Waals surface area contributed by atoms with Crippen molar-refractivity contribution in [2.24, 2.45) is 0 Å². The standard InChI is InChI=1S/C15H20BrNO/c1-12(18)14-8-7-13(11-15(14)16)17-9-5-3-2-4-6-10-17/h7-8,11H,2-6,9-10H2,1H3. The summed E-state index contributed by atoms with van der Waals surface area (Å²) in [6, 6.07) is 6.09. The molecule has 98 valence electrons. The minimum Gasteiger partial charge on any atom is -0.372 e. The number of anilines is 1. The predicted molar refractivity (Wildman–Crippen MR) is 79.4 cm³/mol. The van der Waals surface area contributed by atoms with Gasteiger partial charge in [-0.25, -0.2) is 0 Å². The Balaban J connectivity index is 2.16. The maximum absolute atomic E-state index is 11.4. The zero-order chi connectivity index (χ0) is 13.0. The Morgan fingerprint density at radius 3 is 2.28 bits per heavy atom. The number of Topliss-reactive ketones (excluding diaryl/α,β-unsaturated/α-hetero) is 1. The number of ketones is 1. The van der Waals surface area contributed by atoms with E-state index in [-0.39, 0.29) is 5.78 Å². The molecule has 2 nitrogen and oxygen atoms in total. The number of halogens is 1. The van der Waals surface area contributed by atoms with Gasteiger partial charge in [0.05, 0.1) is 0 Å². The highest BCUT2D eigenvalue weighted by atomic mass is 79.9. The smallest absolute Gasteiger partial charge is 0.160 e. The van der Waals surface area contributed by atoms with Crippen LogP contribution in [-0.2, 0) is 0 Å². The van der Waals surface area contributed by atoms with Gasteiger partial charge in [0.25, 0.3) is 0 Å². The van der Waals surface area contributed by atoms with E-state index in [9.17, 15) is 4.79 Å². The quantitative estimate of drug-likeness (QED) is 0.754. The number of hydrogen-bond donors (Lipinski definition) is 0. The minimum atomic E-state index is 0.112. The Labute approximate surface area is 117 Å². The number of benzene rings is 1. The SMILES string of the molecule is CC(=O)c1ccc(N2CCCCCCC2)cc1Br. The fraction of sp³-hybridized carbons (Fsp3) is 0.533. The molecule has 1 saturated heterocycles. The van der Waals surface area contributed by atoms with E-state index in [0.717, 1.165) is 23.1 Å². The molecular weight excluding hydrogens is 290 g/mol. The lowest BCUT2D eigenvalue weighted by Crippen LogP contribution is -2.27. The third-order valence-corrected chi connectivity index (χ3v) is 4.21. The van der Waals surface area contributed by atoms with Gasteiger partial charge in [-0.3, -0.25) is 4.79 Å². The van der Waals surface area contributed by atoms with Gasteiger partial charge in [0.15, 0.2) is 5.78 Å². The van der Waals surface area contributed by atoms with Crippen LogP contribution in [0, 0.1) is 0 Å². The van der Waals surface area contributed by atoms with Gasteiger partial charge in [-0.2, -0.15) is 0 Å². The van der Waals surface area contributed by atoms with E-state index < -0.39 is 0 Å². The molecule has 0 amide bonds. The largest absolute Gasteiger partial charge is 0.372 e. The van der Waals surface area contributed by atoms with Crippen molar-refractivity contribution in [3.63, 3.8) is 0 Å². The molecule has 2 rings (SSSR count). The number of carbonyl (C=O) groups is 1. The van der Waals surface area contributed by atoms with Crippen molar-refractivity contribution in [2.75, 3.05) is 18.0 Å². The van der Waals surface area contributed by atoms with Crippen LogP contribution in [0.25, 0.3) is 0 Å². The highest BCUT2D eigenvalue weighted by Crippen LogP contribution is 2.26. The molecular formula is C15H20BrNO. The van der Waals surface area contributed by atoms with Crippen molar-refractivity contribution in [3.05, 3.63) is 28.2 Å². The zero-order valence-corrected chi connectivity index (χ0v) is 12.5. The lowest BCUT2D eigenvalue weighted by molar-refractivity contribution is 0.101. The molecule has 1 fully saturated rings. The normalized spacial score (nSPS) is 17.1. The zero-order valence-electron chi connectivity index (χ0n) is 10.9. The van der Waals surface area contributed by atoms with Crippen molar-refractivity contribution in [1.82, 2.24) is 0 Å². The summed E-state index contributed by atoms with van der Waals surface area (Å²) in [4.78, 5) is 13.8. The average Bonchev–Trinajstić information content (AvgIpc) is 2.27. The average molecular weight is 310 g/mol. The number of rotatable bonds is 2. The van der Waals surface area contributed by atoms with Gasteiger partial charge in [-0.15, -0.1) is 0 Å². The van der Waals surface area contributed by atoms with E-state index >= 15 is 0 Å². The van der Waals surface area contributed by atoms with Crippen LogP contribution in [0.4, 0.5) is 5.69 Å². The summed E-state index contributed by atoms with van der Waals surface area (Å²) in [5.41, 5.74) is 2.00. The molecule has 18 heavy (non-hydrogen) atoms. The molecule has 3 heteroatoms. The molecule has 0 radical (unpaired) electrons. The molecule has 1 aromatic carbocycles. The van der Waals surface area contributed by atoms with Crippen LogP contribution < -0.4 is 4.90 Å². The molecule has 0 saturated carbocycles. The van der Waals surface area contributed by atoms with Crippen molar-refractivity contribution >= 4 is 27.4 Å². The Hall–Kier alpha value is -0.830. The maximum atomic E-state index is 11.4. The Morgan fingerprint density at radius 1 is 1.11 bits per heavy atom. The highest BCUT2D eigenvalue weighted by Gasteiger charge is 2.12. The van der Waals surface area contributed by atoms with Crippen LogP contribution in [0.2, 0.25) is 0 Å². The van der Waals surface area contributed by atoms with Crippen molar-refractivity contribution in [3.8, 4) is 0 Å². The summed E-state index contributed by atoms with van der Waals surface area (Å²) < 4.78 is 0.912. The van der Waals surface area contributed by atoms with E-state index in [1.54, 1.807) is 6.92 Å². The second-order valence-electron chi connectivity index (χ2n) is 4.98. The molecule has 0 spiro atoms. The molecule has 0 N–H and O–H groups in total. The van der Waals surface area contributed by atoms with Gasteiger partial charge in [-0.1, -0.05) is 19.3 Å². The Bertz CT molecular complexity index is 423. The summed E-state index contributed by atoms with van der Waals surface area (Å²) in [5, 5.41) is 0. The van der Waals surface area contributed by atoms with E-state index in [1.807, 2.05) is 6.07 Å². The predicted octanol–water partition coefficient (Wildman–Crippen LogP) is 4.42. The van der Waals surface area contributed by atoms with Gasteiger partial charge in [0.1, 0.15) is 0 Å². The highest BCUT2D eigenvalue weighted by molar-refractivity contribution is 9.10. The summed E-state index contributed by atoms with van der Waals surface area (Å²) in [6.45, 7) is 3.87. The van der Waals surface area contributed by atoms with Crippen LogP contribution >= 0.6 is 15.9 Å². The molecule has 0 bridgehead atoms. The topological polar surface area (TPSA) is 20.3 Å². The molecule has 0 aliphatic carbocycles. The summed E-state index contributed by atoms with van der Waals surface area (Å²) in [7, 11) is 0. The van der Waals surface area contributed by atoms with E-state index in [0.29, 0.717) is 0 Å². The molecule has 0 atom stereocenters. The van der Waals surface area contributed by atoms with Crippen molar-refractivity contribution in [2.45, 2.75) is 39.0 Å². The molecule has 1 heterocycles. The second-order valence-corrected chi connectivity index (χ2v) is 5.83. The summed E-state index contributed by atoms with van der Waals surface area (Å²) in [6.07, 6.45) is 6.59. The molecule has 0 aromatic heterocycles. The summed E-state index contributed by atoms with van der Waals surface area (Å²) in [5.74, 6) is 0.112. The Morgan fingerprint density at radius 2 is 1.72 bits per heavy atom. The molecule has 1 aliphatic rings. The fourth-order valence-electron chi connectivity index (χ4n) is 2.49. The van der Waals surface area contributed by atoms with Crippen LogP contribution in [0.1, 0.15) is 49.4 Å². The molecule has 1 aromatic rings. The lowest BCUT2D eigenvalue weighted by atomic mass is 10.1. The maximum Gasteiger partial charge on any atom is 0.160 e. The van der Waals surface area contributed by atoms with Gasteiger partial charge in [0, 0.05) is 28.8 Å². The first-order valence-electron chi connectivity index (χ1n) is 6.74. The van der Waals surface area contributed by atoms with Crippen molar-refractivity contribution in [1.29, 1.82) is 0 Å². The van der Waals surface area contributed by atoms with E-state index in [1.165, 1.54) is 37.8 Å². The second kappa shape index (κ2) is 6.37. The van der Waals surface area contributed by atoms with E-state index in [2.05, 4.69) is 33.0 Å². The van der Waals surface area contributed by atoms with Crippen molar-refractivity contribution < 1.29 is 4.79 Å². The van der Waals surface area contributed by atoms with Gasteiger partial charge in [0.2, 0.25) is 0 Å². The number of carbonyl (C=O) groups excluding carboxylic acids is 1. The first-order chi connectivity index (χ1) is 8.68. The van der Waals surface area contributed by atoms with Gasteiger partial charge < -0.3 is 4.90 Å². The van der Waals surface area contributed by atoms with Crippen LogP contribution in [0.15, 0.2) is 22.7 Å². The van der Waals surface area contributed by atoms with Crippen LogP contribution in [0.5, 0.6) is 0 Å². The monoisotopic (exact) mass is 309 g/mol. The van der Waals surface area contributed by atoms with Crippen LogP contribution in [0.3, 0.4) is 0 Å². The fourth-order valence-corrected chi connectivity index (χ4v) is 3.14. The Kier molecular flexibility index (Phi) is 4.81. The third kappa shape index (κ3) is 3.35. The minimum absolute atomic E-state index is 0.112. The van der Waals surface area contributed by atoms with Gasteiger partial charge >= 0.3 is 0 Å². The van der Waals surface area contributed by atoms with Gasteiger partial charge in [-0.05, 0) is 53.9 Å². The number of hydrogen-bond acceptors (Lipinski definition) is 2. The first kappa shape index (κ1) is 13.6. The number of nitrogens with zero attached hydrogens (tertiary/aromatic N) is 1. The van der Waals surface area contributed by atoms with Crippen LogP contribution in [-0.4, -0.2) is 18.9 Å². The summed E-state index contributed by atoms with van der Waals surface area (Å²) >= 11 is 3.50. The lowest BCUT2D eigenvalue weighted by Gasteiger charge is -2.27.